The molecule has 7 heteroatoms. The van der Waals surface area contributed by atoms with Crippen LogP contribution in [0.25, 0.3) is 17.0 Å². The second kappa shape index (κ2) is 9.50. The largest absolute Gasteiger partial charge is 0.481 e. The number of allylic oxidation sites excluding steroid dienone is 2. The number of aromatic nitrogens is 4. The topological polar surface area (TPSA) is 80.4 Å². The third-order valence-electron chi connectivity index (χ3n) is 15.4. The molecule has 0 saturated heterocycles. The van der Waals surface area contributed by atoms with Gasteiger partial charge in [0.25, 0.3) is 5.78 Å². The van der Waals surface area contributed by atoms with E-state index >= 15 is 0 Å². The zero-order chi connectivity index (χ0) is 32.6. The van der Waals surface area contributed by atoms with E-state index < -0.39 is 11.4 Å². The Morgan fingerprint density at radius 3 is 2.43 bits per heavy atom. The van der Waals surface area contributed by atoms with Crippen molar-refractivity contribution in [2.24, 2.45) is 51.2 Å². The number of aliphatic carboxylic acids is 1. The van der Waals surface area contributed by atoms with Gasteiger partial charge in [-0.3, -0.25) is 4.79 Å². The van der Waals surface area contributed by atoms with Crippen molar-refractivity contribution >= 4 is 11.7 Å². The molecule has 6 nitrogen and oxygen atoms in total. The molecule has 3 unspecified atom stereocenters. The molecule has 0 amide bonds. The maximum Gasteiger partial charge on any atom is 0.310 e. The number of benzene rings is 1. The zero-order valence-corrected chi connectivity index (χ0v) is 28.5. The van der Waals surface area contributed by atoms with Crippen LogP contribution in [0.4, 0.5) is 4.39 Å². The number of fused-ring (bicyclic) bond motifs is 9. The van der Waals surface area contributed by atoms with Crippen LogP contribution in [0.5, 0.6) is 0 Å². The van der Waals surface area contributed by atoms with E-state index in [-0.39, 0.29) is 33.4 Å². The van der Waals surface area contributed by atoms with E-state index in [1.807, 2.05) is 16.6 Å². The molecule has 3 saturated carbocycles. The van der Waals surface area contributed by atoms with Crippen LogP contribution in [0.2, 0.25) is 0 Å². The van der Waals surface area contributed by atoms with E-state index in [0.29, 0.717) is 29.4 Å². The van der Waals surface area contributed by atoms with Gasteiger partial charge < -0.3 is 5.11 Å². The lowest BCUT2D eigenvalue weighted by Crippen LogP contribution is -2.65. The predicted molar refractivity (Wildman–Crippen MR) is 176 cm³/mol. The van der Waals surface area contributed by atoms with E-state index in [0.717, 1.165) is 68.3 Å². The predicted octanol–water partition coefficient (Wildman–Crippen LogP) is 8.69. The van der Waals surface area contributed by atoms with Gasteiger partial charge in [0.15, 0.2) is 0 Å². The van der Waals surface area contributed by atoms with Crippen LogP contribution in [0.1, 0.15) is 105 Å². The second-order valence-electron chi connectivity index (χ2n) is 17.3. The molecule has 0 aliphatic heterocycles. The van der Waals surface area contributed by atoms with Crippen molar-refractivity contribution in [1.82, 2.24) is 19.6 Å². The number of nitrogens with zero attached hydrogens (tertiary/aromatic N) is 4. The quantitative estimate of drug-likeness (QED) is 0.289. The lowest BCUT2D eigenvalue weighted by atomic mass is 9.33. The highest BCUT2D eigenvalue weighted by Gasteiger charge is 2.69. The van der Waals surface area contributed by atoms with Crippen molar-refractivity contribution in [2.75, 3.05) is 0 Å². The van der Waals surface area contributed by atoms with Crippen LogP contribution in [0, 0.1) is 57.1 Å². The summed E-state index contributed by atoms with van der Waals surface area (Å²) in [6.07, 6.45) is 11.8. The van der Waals surface area contributed by atoms with E-state index in [1.54, 1.807) is 6.33 Å². The number of hydrogen-bond donors (Lipinski definition) is 1. The molecule has 1 aromatic carbocycles. The summed E-state index contributed by atoms with van der Waals surface area (Å²) in [4.78, 5) is 22.8. The minimum atomic E-state index is -0.633. The fraction of sp³-hybridized carbons (Fsp3) is 0.641. The minimum Gasteiger partial charge on any atom is -0.481 e. The Balaban J connectivity index is 1.30. The number of carboxylic acid groups (broad SMARTS) is 1. The Labute approximate surface area is 272 Å². The van der Waals surface area contributed by atoms with E-state index in [4.69, 9.17) is 4.98 Å². The summed E-state index contributed by atoms with van der Waals surface area (Å²) in [5.41, 5.74) is 4.83. The summed E-state index contributed by atoms with van der Waals surface area (Å²) in [5.74, 6) is 1.62. The molecule has 46 heavy (non-hydrogen) atoms. The first-order valence-corrected chi connectivity index (χ1v) is 17.6. The lowest BCUT2D eigenvalue weighted by Gasteiger charge is -2.70. The smallest absolute Gasteiger partial charge is 0.310 e. The molecule has 1 N–H and O–H groups in total. The molecule has 5 aliphatic carbocycles. The summed E-state index contributed by atoms with van der Waals surface area (Å²) in [6, 6.07) is 6.78. The fourth-order valence-corrected chi connectivity index (χ4v) is 12.7. The van der Waals surface area contributed by atoms with Crippen molar-refractivity contribution in [3.8, 4) is 11.3 Å². The summed E-state index contributed by atoms with van der Waals surface area (Å²) in [6.45, 7) is 17.1. The van der Waals surface area contributed by atoms with Gasteiger partial charge >= 0.3 is 5.97 Å². The molecule has 8 rings (SSSR count). The highest BCUT2D eigenvalue weighted by Crippen LogP contribution is 2.75. The first kappa shape index (κ1) is 30.3. The van der Waals surface area contributed by atoms with Gasteiger partial charge in [0.1, 0.15) is 12.1 Å². The number of hydrogen-bond acceptors (Lipinski definition) is 4. The van der Waals surface area contributed by atoms with Crippen LogP contribution in [0.3, 0.4) is 0 Å². The second-order valence-corrected chi connectivity index (χ2v) is 17.3. The standard InChI is InChI=1S/C39H49FN4O2/c1-22-14-17-39(33(45)46)19-18-37(6)27(30(39)23(22)2)12-13-29-36(5)20-26-31(24-8-10-25(40)11-9-24)44-34(41-21-42-44)43-32(26)35(3,4)28(36)15-16-38(29,37)7/h8-12,21-23,28-30H,13-20H2,1-7H3,(H,45,46)/t22-,23+,28?,29?,30?,36+,37-,38-,39+/m1/s1. The third-order valence-corrected chi connectivity index (χ3v) is 15.4. The Hall–Kier alpha value is -3.09. The maximum absolute atomic E-state index is 14.1. The van der Waals surface area contributed by atoms with Crippen LogP contribution in [-0.2, 0) is 16.6 Å². The molecule has 2 aromatic heterocycles. The fourth-order valence-electron chi connectivity index (χ4n) is 12.7. The molecule has 3 aromatic rings. The average molecular weight is 625 g/mol. The van der Waals surface area contributed by atoms with E-state index in [9.17, 15) is 14.3 Å². The summed E-state index contributed by atoms with van der Waals surface area (Å²) < 4.78 is 16.0. The molecule has 0 spiro atoms. The molecule has 0 bridgehead atoms. The summed E-state index contributed by atoms with van der Waals surface area (Å²) in [7, 11) is 0. The molecule has 3 fully saturated rings. The minimum absolute atomic E-state index is 0.0218. The highest BCUT2D eigenvalue weighted by molar-refractivity contribution is 5.77. The monoisotopic (exact) mass is 624 g/mol. The Morgan fingerprint density at radius 1 is 0.978 bits per heavy atom. The molecule has 5 aliphatic rings. The molecule has 244 valence electrons. The van der Waals surface area contributed by atoms with Gasteiger partial charge in [0, 0.05) is 16.5 Å². The first-order valence-electron chi connectivity index (χ1n) is 17.6. The van der Waals surface area contributed by atoms with Crippen molar-refractivity contribution in [3.63, 3.8) is 0 Å². The van der Waals surface area contributed by atoms with Crippen LogP contribution in [0.15, 0.2) is 42.2 Å². The molecule has 0 radical (unpaired) electrons. The van der Waals surface area contributed by atoms with Crippen molar-refractivity contribution < 1.29 is 14.3 Å². The summed E-state index contributed by atoms with van der Waals surface area (Å²) >= 11 is 0. The maximum atomic E-state index is 14.1. The Kier molecular flexibility index (Phi) is 6.25. The Bertz CT molecular complexity index is 1790. The van der Waals surface area contributed by atoms with E-state index in [1.165, 1.54) is 23.3 Å². The highest BCUT2D eigenvalue weighted by atomic mass is 19.1. The van der Waals surface area contributed by atoms with Gasteiger partial charge in [-0.05, 0) is 121 Å². The van der Waals surface area contributed by atoms with E-state index in [2.05, 4.69) is 64.6 Å². The molecular weight excluding hydrogens is 575 g/mol. The summed E-state index contributed by atoms with van der Waals surface area (Å²) in [5, 5.41) is 15.4. The van der Waals surface area contributed by atoms with Crippen LogP contribution >= 0.6 is 0 Å². The van der Waals surface area contributed by atoms with Crippen molar-refractivity contribution in [1.29, 1.82) is 0 Å². The molecule has 2 heterocycles. The first-order chi connectivity index (χ1) is 21.7. The lowest BCUT2D eigenvalue weighted by molar-refractivity contribution is -0.179. The number of rotatable bonds is 2. The van der Waals surface area contributed by atoms with Crippen molar-refractivity contribution in [3.05, 3.63) is 59.3 Å². The van der Waals surface area contributed by atoms with Gasteiger partial charge in [-0.1, -0.05) is 60.1 Å². The normalized spacial score (nSPS) is 41.0. The van der Waals surface area contributed by atoms with Gasteiger partial charge in [0.05, 0.1) is 16.8 Å². The van der Waals surface area contributed by atoms with Gasteiger partial charge in [-0.2, -0.15) is 14.6 Å². The number of carbonyl (C=O) groups is 1. The van der Waals surface area contributed by atoms with Crippen LogP contribution in [-0.4, -0.2) is 30.7 Å². The van der Waals surface area contributed by atoms with Gasteiger partial charge in [-0.25, -0.2) is 9.37 Å². The van der Waals surface area contributed by atoms with Gasteiger partial charge in [0.2, 0.25) is 0 Å². The zero-order valence-electron chi connectivity index (χ0n) is 28.5. The van der Waals surface area contributed by atoms with Crippen molar-refractivity contribution in [2.45, 2.75) is 105 Å². The SMILES string of the molecule is C[C@@H]1CC[C@]2(C(=O)O)CC[C@]3(C)C(=CCC4[C@@]5(C)Cc6c(nc7ncnn7c6-c6ccc(F)cc6)C(C)(C)C5CC[C@]43C)C2[C@H]1C. The number of carboxylic acids is 1. The number of halogens is 1. The average Bonchev–Trinajstić information content (AvgIpc) is 3.47. The molecule has 9 atom stereocenters. The van der Waals surface area contributed by atoms with Gasteiger partial charge in [-0.15, -0.1) is 0 Å². The van der Waals surface area contributed by atoms with Crippen LogP contribution < -0.4 is 0 Å². The molecular formula is C39H49FN4O2. The Morgan fingerprint density at radius 2 is 1.72 bits per heavy atom. The third kappa shape index (κ3) is 3.58.